The quantitative estimate of drug-likeness (QED) is 0.763. The third kappa shape index (κ3) is 3.18. The van der Waals surface area contributed by atoms with Crippen molar-refractivity contribution in [2.75, 3.05) is 4.72 Å². The van der Waals surface area contributed by atoms with Crippen LogP contribution < -0.4 is 4.72 Å². The van der Waals surface area contributed by atoms with E-state index >= 15 is 0 Å². The Bertz CT molecular complexity index is 744. The van der Waals surface area contributed by atoms with Crippen LogP contribution in [-0.2, 0) is 15.8 Å². The first-order chi connectivity index (χ1) is 9.27. The maximum Gasteiger partial charge on any atom is 0.354 e. The van der Waals surface area contributed by atoms with Gasteiger partial charge in [0.2, 0.25) is 10.0 Å². The van der Waals surface area contributed by atoms with E-state index in [1.807, 2.05) is 0 Å². The average molecular weight is 299 g/mol. The summed E-state index contributed by atoms with van der Waals surface area (Å²) in [4.78, 5) is 13.6. The van der Waals surface area contributed by atoms with Crippen LogP contribution in [0.2, 0.25) is 0 Å². The molecule has 0 aliphatic rings. The highest BCUT2D eigenvalue weighted by molar-refractivity contribution is 7.91. The molecule has 0 amide bonds. The summed E-state index contributed by atoms with van der Waals surface area (Å²) in [5.74, 6) is -1.14. The summed E-state index contributed by atoms with van der Waals surface area (Å²) >= 11 is 0. The van der Waals surface area contributed by atoms with E-state index in [4.69, 9.17) is 9.63 Å². The molecule has 8 nitrogen and oxygen atoms in total. The lowest BCUT2D eigenvalue weighted by Gasteiger charge is -2.05. The minimum atomic E-state index is -3.77. The Hall–Kier alpha value is -2.29. The number of carbonyl (C=O) groups is 1. The molecule has 0 unspecified atom stereocenters. The van der Waals surface area contributed by atoms with Crippen molar-refractivity contribution in [3.05, 3.63) is 35.0 Å². The molecule has 0 fully saturated rings. The molecule has 0 aromatic carbocycles. The molecule has 0 atom stereocenters. The van der Waals surface area contributed by atoms with E-state index in [1.54, 1.807) is 13.8 Å². The fourth-order valence-electron chi connectivity index (χ4n) is 1.72. The first-order valence-corrected chi connectivity index (χ1v) is 7.27. The number of carboxylic acids is 1. The molecule has 2 aromatic rings. The largest absolute Gasteiger partial charge is 0.477 e. The van der Waals surface area contributed by atoms with Gasteiger partial charge in [0.1, 0.15) is 22.9 Å². The molecule has 0 bridgehead atoms. The number of anilines is 1. The van der Waals surface area contributed by atoms with E-state index < -0.39 is 21.7 Å². The lowest BCUT2D eigenvalue weighted by atomic mass is 10.4. The van der Waals surface area contributed by atoms with Crippen LogP contribution in [0, 0.1) is 13.8 Å². The summed E-state index contributed by atoms with van der Waals surface area (Å²) in [6.07, 6.45) is 0. The van der Waals surface area contributed by atoms with Gasteiger partial charge in [-0.05, 0) is 19.9 Å². The van der Waals surface area contributed by atoms with Gasteiger partial charge in [0.05, 0.1) is 5.69 Å². The van der Waals surface area contributed by atoms with E-state index in [-0.39, 0.29) is 17.1 Å². The van der Waals surface area contributed by atoms with Gasteiger partial charge in [-0.25, -0.2) is 13.2 Å². The van der Waals surface area contributed by atoms with Gasteiger partial charge >= 0.3 is 5.97 Å². The summed E-state index contributed by atoms with van der Waals surface area (Å²) in [5.41, 5.74) is 0.578. The van der Waals surface area contributed by atoms with E-state index in [1.165, 1.54) is 12.1 Å². The van der Waals surface area contributed by atoms with Gasteiger partial charge in [-0.2, -0.15) is 0 Å². The van der Waals surface area contributed by atoms with Gasteiger partial charge in [-0.3, -0.25) is 4.72 Å². The second-order valence-electron chi connectivity index (χ2n) is 4.34. The van der Waals surface area contributed by atoms with Gasteiger partial charge in [0, 0.05) is 11.8 Å². The highest BCUT2D eigenvalue weighted by Crippen LogP contribution is 2.19. The predicted molar refractivity (Wildman–Crippen MR) is 70.0 cm³/mol. The Morgan fingerprint density at radius 3 is 2.70 bits per heavy atom. The lowest BCUT2D eigenvalue weighted by Crippen LogP contribution is -2.16. The number of nitrogens with zero attached hydrogens (tertiary/aromatic N) is 1. The van der Waals surface area contributed by atoms with Crippen molar-refractivity contribution in [3.63, 3.8) is 0 Å². The first-order valence-electron chi connectivity index (χ1n) is 5.62. The number of hydrogen-bond donors (Lipinski definition) is 3. The van der Waals surface area contributed by atoms with Crippen LogP contribution in [0.4, 0.5) is 5.69 Å². The Balaban J connectivity index is 2.22. The molecule has 2 aromatic heterocycles. The Morgan fingerprint density at radius 1 is 1.45 bits per heavy atom. The fourth-order valence-corrected chi connectivity index (χ4v) is 2.82. The minimum absolute atomic E-state index is 0.00443. The van der Waals surface area contributed by atoms with Crippen LogP contribution in [-0.4, -0.2) is 29.6 Å². The van der Waals surface area contributed by atoms with Crippen molar-refractivity contribution in [2.45, 2.75) is 19.6 Å². The number of hydrogen-bond acceptors (Lipinski definition) is 5. The molecule has 0 spiro atoms. The molecular formula is C11H13N3O5S. The Labute approximate surface area is 114 Å². The van der Waals surface area contributed by atoms with Crippen molar-refractivity contribution in [3.8, 4) is 0 Å². The summed E-state index contributed by atoms with van der Waals surface area (Å²) < 4.78 is 30.9. The Kier molecular flexibility index (Phi) is 3.53. The monoisotopic (exact) mass is 299 g/mol. The maximum atomic E-state index is 12.0. The SMILES string of the molecule is Cc1cc(NS(=O)(=O)Cc2cc(C)on2)c(C(=O)O)[nH]1. The summed E-state index contributed by atoms with van der Waals surface area (Å²) in [5, 5.41) is 12.6. The van der Waals surface area contributed by atoms with E-state index in [9.17, 15) is 13.2 Å². The zero-order valence-electron chi connectivity index (χ0n) is 10.8. The van der Waals surface area contributed by atoms with Crippen molar-refractivity contribution in [2.24, 2.45) is 0 Å². The number of rotatable bonds is 5. The van der Waals surface area contributed by atoms with E-state index in [0.717, 1.165) is 0 Å². The number of aromatic amines is 1. The average Bonchev–Trinajstić information content (AvgIpc) is 2.84. The van der Waals surface area contributed by atoms with Crippen LogP contribution in [0.5, 0.6) is 0 Å². The number of H-pyrrole nitrogens is 1. The van der Waals surface area contributed by atoms with Gasteiger partial charge in [0.25, 0.3) is 0 Å². The van der Waals surface area contributed by atoms with Crippen LogP contribution in [0.1, 0.15) is 27.6 Å². The number of sulfonamides is 1. The number of aromatic nitrogens is 2. The highest BCUT2D eigenvalue weighted by Gasteiger charge is 2.20. The van der Waals surface area contributed by atoms with Crippen molar-refractivity contribution < 1.29 is 22.8 Å². The standard InChI is InChI=1S/C11H13N3O5S/c1-6-3-9(10(12-6)11(15)16)14-20(17,18)5-8-4-7(2)19-13-8/h3-4,12,14H,5H2,1-2H3,(H,15,16). The van der Waals surface area contributed by atoms with Gasteiger partial charge in [-0.1, -0.05) is 5.16 Å². The van der Waals surface area contributed by atoms with E-state index in [0.29, 0.717) is 11.5 Å². The topological polar surface area (TPSA) is 125 Å². The predicted octanol–water partition coefficient (Wildman–Crippen LogP) is 1.26. The molecule has 2 rings (SSSR count). The molecule has 0 saturated heterocycles. The minimum Gasteiger partial charge on any atom is -0.477 e. The highest BCUT2D eigenvalue weighted by atomic mass is 32.2. The zero-order chi connectivity index (χ0) is 14.9. The summed E-state index contributed by atoms with van der Waals surface area (Å²) in [7, 11) is -3.77. The Morgan fingerprint density at radius 2 is 2.15 bits per heavy atom. The maximum absolute atomic E-state index is 12.0. The van der Waals surface area contributed by atoms with E-state index in [2.05, 4.69) is 14.9 Å². The summed E-state index contributed by atoms with van der Waals surface area (Å²) in [6.45, 7) is 3.28. The smallest absolute Gasteiger partial charge is 0.354 e. The fraction of sp³-hybridized carbons (Fsp3) is 0.273. The van der Waals surface area contributed by atoms with Crippen LogP contribution in [0.3, 0.4) is 0 Å². The molecule has 0 aliphatic carbocycles. The zero-order valence-corrected chi connectivity index (χ0v) is 11.6. The van der Waals surface area contributed by atoms with Crippen molar-refractivity contribution >= 4 is 21.7 Å². The van der Waals surface area contributed by atoms with Crippen LogP contribution >= 0.6 is 0 Å². The number of nitrogens with one attached hydrogen (secondary N) is 2. The van der Waals surface area contributed by atoms with Gasteiger partial charge in [0.15, 0.2) is 0 Å². The van der Waals surface area contributed by atoms with Crippen molar-refractivity contribution in [1.29, 1.82) is 0 Å². The second-order valence-corrected chi connectivity index (χ2v) is 6.06. The number of aryl methyl sites for hydroxylation is 2. The molecule has 0 saturated carbocycles. The third-order valence-corrected chi connectivity index (χ3v) is 3.65. The number of carboxylic acid groups (broad SMARTS) is 1. The third-order valence-electron chi connectivity index (χ3n) is 2.45. The molecule has 0 radical (unpaired) electrons. The molecule has 2 heterocycles. The van der Waals surface area contributed by atoms with Crippen molar-refractivity contribution in [1.82, 2.24) is 10.1 Å². The van der Waals surface area contributed by atoms with Gasteiger partial charge in [-0.15, -0.1) is 0 Å². The number of aromatic carboxylic acids is 1. The molecule has 9 heteroatoms. The molecule has 0 aliphatic heterocycles. The second kappa shape index (κ2) is 5.00. The molecular weight excluding hydrogens is 286 g/mol. The van der Waals surface area contributed by atoms with Gasteiger partial charge < -0.3 is 14.6 Å². The normalized spacial score (nSPS) is 11.5. The molecule has 3 N–H and O–H groups in total. The lowest BCUT2D eigenvalue weighted by molar-refractivity contribution is 0.0692. The van der Waals surface area contributed by atoms with Crippen LogP contribution in [0.25, 0.3) is 0 Å². The molecule has 20 heavy (non-hydrogen) atoms. The summed E-state index contributed by atoms with van der Waals surface area (Å²) in [6, 6.07) is 2.91. The first kappa shape index (κ1) is 14.1. The molecule has 108 valence electrons. The van der Waals surface area contributed by atoms with Crippen LogP contribution in [0.15, 0.2) is 16.7 Å².